The van der Waals surface area contributed by atoms with Gasteiger partial charge in [0.1, 0.15) is 17.3 Å². The Morgan fingerprint density at radius 1 is 1.03 bits per heavy atom. The number of carbonyl (C=O) groups is 2. The summed E-state index contributed by atoms with van der Waals surface area (Å²) in [5.41, 5.74) is 1.78. The van der Waals surface area contributed by atoms with E-state index in [0.717, 1.165) is 5.56 Å². The molecule has 0 saturated carbocycles. The molecule has 7 heteroatoms. The van der Waals surface area contributed by atoms with Crippen molar-refractivity contribution in [1.29, 1.82) is 0 Å². The largest absolute Gasteiger partial charge is 0.507 e. The second-order valence-corrected chi connectivity index (χ2v) is 8.93. The number of carbonyl (C=O) groups excluding carboxylic acids is 2. The molecule has 2 aromatic rings. The molecule has 1 saturated heterocycles. The minimum atomic E-state index is -0.793. The molecule has 1 aliphatic rings. The van der Waals surface area contributed by atoms with Crippen LogP contribution in [0.1, 0.15) is 43.5 Å². The van der Waals surface area contributed by atoms with Gasteiger partial charge in [0.05, 0.1) is 38.0 Å². The fraction of sp³-hybridized carbons (Fsp3) is 0.385. The third-order valence-electron chi connectivity index (χ3n) is 5.81. The van der Waals surface area contributed by atoms with E-state index in [4.69, 9.17) is 14.2 Å². The van der Waals surface area contributed by atoms with Crippen molar-refractivity contribution in [2.24, 2.45) is 0 Å². The molecule has 7 nitrogen and oxygen atoms in total. The first kappa shape index (κ1) is 24.3. The van der Waals surface area contributed by atoms with E-state index in [9.17, 15) is 14.7 Å². The maximum Gasteiger partial charge on any atom is 0.295 e. The summed E-state index contributed by atoms with van der Waals surface area (Å²) in [7, 11) is 4.57. The lowest BCUT2D eigenvalue weighted by atomic mass is 9.85. The maximum absolute atomic E-state index is 13.2. The van der Waals surface area contributed by atoms with Gasteiger partial charge in [0, 0.05) is 13.7 Å². The first-order valence-corrected chi connectivity index (χ1v) is 10.7. The zero-order chi connectivity index (χ0) is 24.3. The summed E-state index contributed by atoms with van der Waals surface area (Å²) in [6, 6.07) is 11.8. The lowest BCUT2D eigenvalue weighted by Gasteiger charge is -2.26. The highest BCUT2D eigenvalue weighted by molar-refractivity contribution is 6.46. The first-order chi connectivity index (χ1) is 15.6. The van der Waals surface area contributed by atoms with Gasteiger partial charge in [-0.15, -0.1) is 0 Å². The van der Waals surface area contributed by atoms with Crippen LogP contribution in [-0.2, 0) is 19.7 Å². The van der Waals surface area contributed by atoms with Gasteiger partial charge >= 0.3 is 0 Å². The molecule has 176 valence electrons. The Balaban J connectivity index is 2.26. The molecule has 1 heterocycles. The number of Topliss-reactive ketones (excluding diaryl/α,β-unsaturated/α-hetero) is 1. The van der Waals surface area contributed by atoms with Gasteiger partial charge in [-0.1, -0.05) is 39.0 Å². The van der Waals surface area contributed by atoms with Crippen LogP contribution >= 0.6 is 0 Å². The third-order valence-corrected chi connectivity index (χ3v) is 5.81. The van der Waals surface area contributed by atoms with Gasteiger partial charge in [0.25, 0.3) is 11.7 Å². The number of amides is 1. The molecular weight excluding hydrogens is 422 g/mol. The van der Waals surface area contributed by atoms with Crippen molar-refractivity contribution in [3.05, 3.63) is 64.7 Å². The van der Waals surface area contributed by atoms with Crippen molar-refractivity contribution < 1.29 is 28.9 Å². The van der Waals surface area contributed by atoms with Crippen LogP contribution in [0.15, 0.2) is 48.0 Å². The number of aliphatic hydroxyl groups is 1. The minimum absolute atomic E-state index is 0.00807. The fourth-order valence-corrected chi connectivity index (χ4v) is 3.96. The van der Waals surface area contributed by atoms with Crippen molar-refractivity contribution in [3.8, 4) is 11.5 Å². The number of aliphatic hydroxyl groups excluding tert-OH is 1. The molecule has 3 rings (SSSR count). The van der Waals surface area contributed by atoms with Gasteiger partial charge in [-0.2, -0.15) is 0 Å². The van der Waals surface area contributed by atoms with E-state index in [0.29, 0.717) is 22.6 Å². The summed E-state index contributed by atoms with van der Waals surface area (Å²) >= 11 is 0. The molecule has 1 N–H and O–H groups in total. The van der Waals surface area contributed by atoms with E-state index < -0.39 is 17.7 Å². The number of ether oxygens (including phenoxy) is 3. The molecule has 0 bridgehead atoms. The zero-order valence-corrected chi connectivity index (χ0v) is 20.0. The van der Waals surface area contributed by atoms with Crippen molar-refractivity contribution >= 4 is 17.4 Å². The maximum atomic E-state index is 13.2. The van der Waals surface area contributed by atoms with Crippen LogP contribution in [0.3, 0.4) is 0 Å². The SMILES string of the molecule is COCCN1C(=O)C(=O)/C(=C(/O)c2cc(C(C)(C)C)ccc2OC)C1c1cccc(OC)c1. The van der Waals surface area contributed by atoms with Crippen LogP contribution in [0.25, 0.3) is 5.76 Å². The van der Waals surface area contributed by atoms with Crippen LogP contribution in [0.5, 0.6) is 11.5 Å². The second kappa shape index (κ2) is 9.67. The molecule has 0 aromatic heterocycles. The average molecular weight is 454 g/mol. The summed E-state index contributed by atoms with van der Waals surface area (Å²) < 4.78 is 16.0. The van der Waals surface area contributed by atoms with Crippen LogP contribution in [0.4, 0.5) is 0 Å². The molecular formula is C26H31NO6. The standard InChI is InChI=1S/C26H31NO6/c1-26(2,3)17-10-11-20(33-6)19(15-17)23(28)21-22(16-8-7-9-18(14-16)32-5)27(12-13-31-4)25(30)24(21)29/h7-11,14-15,22,28H,12-13H2,1-6H3/b23-21+. The molecule has 2 aromatic carbocycles. The van der Waals surface area contributed by atoms with Gasteiger partial charge in [0.2, 0.25) is 0 Å². The molecule has 33 heavy (non-hydrogen) atoms. The summed E-state index contributed by atoms with van der Waals surface area (Å²) in [6.07, 6.45) is 0. The van der Waals surface area contributed by atoms with E-state index in [2.05, 4.69) is 20.8 Å². The number of hydrogen-bond acceptors (Lipinski definition) is 6. The van der Waals surface area contributed by atoms with Gasteiger partial charge < -0.3 is 24.2 Å². The van der Waals surface area contributed by atoms with Crippen molar-refractivity contribution in [1.82, 2.24) is 4.90 Å². The van der Waals surface area contributed by atoms with Crippen LogP contribution in [0, 0.1) is 0 Å². The topological polar surface area (TPSA) is 85.3 Å². The smallest absolute Gasteiger partial charge is 0.295 e. The van der Waals surface area contributed by atoms with Gasteiger partial charge in [-0.25, -0.2) is 0 Å². The first-order valence-electron chi connectivity index (χ1n) is 10.7. The third kappa shape index (κ3) is 4.73. The number of hydrogen-bond donors (Lipinski definition) is 1. The fourth-order valence-electron chi connectivity index (χ4n) is 3.96. The van der Waals surface area contributed by atoms with E-state index in [1.165, 1.54) is 19.1 Å². The summed E-state index contributed by atoms with van der Waals surface area (Å²) in [4.78, 5) is 27.6. The number of methoxy groups -OCH3 is 3. The molecule has 0 spiro atoms. The molecule has 1 amide bonds. The molecule has 0 aliphatic carbocycles. The molecule has 1 aliphatic heterocycles. The van der Waals surface area contributed by atoms with E-state index in [-0.39, 0.29) is 29.9 Å². The van der Waals surface area contributed by atoms with Crippen LogP contribution in [0.2, 0.25) is 0 Å². The average Bonchev–Trinajstić information content (AvgIpc) is 3.06. The van der Waals surface area contributed by atoms with E-state index in [1.807, 2.05) is 6.07 Å². The van der Waals surface area contributed by atoms with Crippen LogP contribution in [-0.4, -0.2) is 56.2 Å². The van der Waals surface area contributed by atoms with E-state index >= 15 is 0 Å². The Morgan fingerprint density at radius 2 is 1.76 bits per heavy atom. The summed E-state index contributed by atoms with van der Waals surface area (Å²) in [5.74, 6) is -0.721. The molecule has 1 unspecified atom stereocenters. The predicted octanol–water partition coefficient (Wildman–Crippen LogP) is 4.07. The Kier molecular flexibility index (Phi) is 7.12. The summed E-state index contributed by atoms with van der Waals surface area (Å²) in [5, 5.41) is 11.4. The normalized spacial score (nSPS) is 18.0. The van der Waals surface area contributed by atoms with Crippen molar-refractivity contribution in [2.45, 2.75) is 32.2 Å². The van der Waals surface area contributed by atoms with E-state index in [1.54, 1.807) is 43.5 Å². The number of likely N-dealkylation sites (tertiary alicyclic amines) is 1. The molecule has 1 fully saturated rings. The highest BCUT2D eigenvalue weighted by Gasteiger charge is 2.46. The highest BCUT2D eigenvalue weighted by atomic mass is 16.5. The monoisotopic (exact) mass is 453 g/mol. The quantitative estimate of drug-likeness (QED) is 0.386. The Hall–Kier alpha value is -3.32. The highest BCUT2D eigenvalue weighted by Crippen LogP contribution is 2.42. The Bertz CT molecular complexity index is 1080. The zero-order valence-electron chi connectivity index (χ0n) is 20.0. The number of nitrogens with zero attached hydrogens (tertiary/aromatic N) is 1. The van der Waals surface area contributed by atoms with Gasteiger partial charge in [0.15, 0.2) is 0 Å². The van der Waals surface area contributed by atoms with Gasteiger partial charge in [-0.3, -0.25) is 9.59 Å². The summed E-state index contributed by atoms with van der Waals surface area (Å²) in [6.45, 7) is 6.60. The number of benzene rings is 2. The lowest BCUT2D eigenvalue weighted by molar-refractivity contribution is -0.140. The van der Waals surface area contributed by atoms with Crippen LogP contribution < -0.4 is 9.47 Å². The predicted molar refractivity (Wildman–Crippen MR) is 126 cm³/mol. The van der Waals surface area contributed by atoms with Crippen molar-refractivity contribution in [3.63, 3.8) is 0 Å². The number of ketones is 1. The molecule has 0 radical (unpaired) electrons. The van der Waals surface area contributed by atoms with Gasteiger partial charge in [-0.05, 0) is 40.8 Å². The Labute approximate surface area is 194 Å². The minimum Gasteiger partial charge on any atom is -0.507 e. The molecule has 1 atom stereocenters. The lowest BCUT2D eigenvalue weighted by Crippen LogP contribution is -2.32. The number of rotatable bonds is 7. The second-order valence-electron chi connectivity index (χ2n) is 8.93. The van der Waals surface area contributed by atoms with Crippen molar-refractivity contribution in [2.75, 3.05) is 34.5 Å². The Morgan fingerprint density at radius 3 is 2.36 bits per heavy atom.